The van der Waals surface area contributed by atoms with Gasteiger partial charge >= 0.3 is 0 Å². The molecule has 2 aromatic rings. The minimum absolute atomic E-state index is 0.0349. The first-order valence-electron chi connectivity index (χ1n) is 10.1. The fraction of sp³-hybridized carbons (Fsp3) is 0.381. The number of amides is 2. The number of benzene rings is 1. The number of carbonyl (C=O) groups is 2. The van der Waals surface area contributed by atoms with Crippen LogP contribution in [-0.2, 0) is 17.8 Å². The molecule has 8 nitrogen and oxygen atoms in total. The molecular formula is C21H20F3N3O5. The Morgan fingerprint density at radius 3 is 2.66 bits per heavy atom. The summed E-state index contributed by atoms with van der Waals surface area (Å²) >= 11 is 0. The molecule has 0 bridgehead atoms. The highest BCUT2D eigenvalue weighted by Gasteiger charge is 2.40. The summed E-state index contributed by atoms with van der Waals surface area (Å²) in [5.41, 5.74) is -2.13. The second-order valence-electron chi connectivity index (χ2n) is 7.67. The molecule has 11 heteroatoms. The van der Waals surface area contributed by atoms with Crippen LogP contribution in [0.2, 0.25) is 0 Å². The number of rotatable bonds is 4. The Morgan fingerprint density at radius 1 is 1.22 bits per heavy atom. The number of ether oxygens (including phenoxy) is 1. The Morgan fingerprint density at radius 2 is 1.94 bits per heavy atom. The van der Waals surface area contributed by atoms with Gasteiger partial charge in [0.25, 0.3) is 11.8 Å². The number of halogens is 3. The van der Waals surface area contributed by atoms with Crippen molar-refractivity contribution in [3.05, 3.63) is 62.8 Å². The van der Waals surface area contributed by atoms with Crippen molar-refractivity contribution in [3.63, 3.8) is 0 Å². The van der Waals surface area contributed by atoms with Gasteiger partial charge in [-0.2, -0.15) is 0 Å². The Hall–Kier alpha value is -3.34. The van der Waals surface area contributed by atoms with E-state index in [2.05, 4.69) is 5.32 Å². The number of carbonyl (C=O) groups excluding carboxylic acids is 2. The molecule has 0 saturated carbocycles. The van der Waals surface area contributed by atoms with Gasteiger partial charge < -0.3 is 24.6 Å². The van der Waals surface area contributed by atoms with E-state index < -0.39 is 58.8 Å². The molecule has 0 unspecified atom stereocenters. The summed E-state index contributed by atoms with van der Waals surface area (Å²) in [5, 5.41) is 12.6. The maximum atomic E-state index is 13.8. The molecule has 2 N–H and O–H groups in total. The SMILES string of the molecule is CC[C@H]1CCN2C(=O)c3c(O)c(=O)c(C(=O)NCc4cc(F)c(F)cc4F)cn3C[C@H]2O1. The topological polar surface area (TPSA) is 101 Å². The van der Waals surface area contributed by atoms with Gasteiger partial charge in [-0.15, -0.1) is 0 Å². The lowest BCUT2D eigenvalue weighted by molar-refractivity contribution is -0.134. The van der Waals surface area contributed by atoms with Crippen LogP contribution < -0.4 is 10.7 Å². The molecule has 2 atom stereocenters. The van der Waals surface area contributed by atoms with Crippen LogP contribution in [0.5, 0.6) is 5.75 Å². The predicted octanol–water partition coefficient (Wildman–Crippen LogP) is 1.88. The summed E-state index contributed by atoms with van der Waals surface area (Å²) in [7, 11) is 0. The second-order valence-corrected chi connectivity index (χ2v) is 7.67. The summed E-state index contributed by atoms with van der Waals surface area (Å²) < 4.78 is 47.4. The normalized spacial score (nSPS) is 20.0. The predicted molar refractivity (Wildman–Crippen MR) is 104 cm³/mol. The van der Waals surface area contributed by atoms with Crippen molar-refractivity contribution in [2.24, 2.45) is 0 Å². The zero-order chi connectivity index (χ0) is 23.2. The lowest BCUT2D eigenvalue weighted by Crippen LogP contribution is -2.55. The maximum absolute atomic E-state index is 13.8. The van der Waals surface area contributed by atoms with Crippen molar-refractivity contribution in [3.8, 4) is 5.75 Å². The molecule has 170 valence electrons. The molecule has 1 aromatic heterocycles. The first kappa shape index (κ1) is 21.9. The van der Waals surface area contributed by atoms with Crippen molar-refractivity contribution in [1.82, 2.24) is 14.8 Å². The molecule has 1 aromatic carbocycles. The van der Waals surface area contributed by atoms with E-state index in [0.717, 1.165) is 12.6 Å². The van der Waals surface area contributed by atoms with E-state index in [1.165, 1.54) is 9.47 Å². The standard InChI is InChI=1S/C21H20F3N3O5/c1-2-11-3-4-27-16(32-11)9-26-8-12(18(28)19(29)17(26)21(27)31)20(30)25-7-10-5-14(23)15(24)6-13(10)22/h5-6,8,11,16,29H,2-4,7,9H2,1H3,(H,25,30)/t11-,16+/m0/s1. The summed E-state index contributed by atoms with van der Waals surface area (Å²) in [6.45, 7) is 1.95. The monoisotopic (exact) mass is 451 g/mol. The van der Waals surface area contributed by atoms with Crippen LogP contribution in [0, 0.1) is 17.5 Å². The maximum Gasteiger partial charge on any atom is 0.276 e. The van der Waals surface area contributed by atoms with Crippen LogP contribution in [0.3, 0.4) is 0 Å². The quantitative estimate of drug-likeness (QED) is 0.692. The van der Waals surface area contributed by atoms with E-state index in [9.17, 15) is 32.7 Å². The van der Waals surface area contributed by atoms with Gasteiger partial charge in [0.05, 0.1) is 12.6 Å². The third-order valence-corrected chi connectivity index (χ3v) is 5.69. The van der Waals surface area contributed by atoms with E-state index in [1.54, 1.807) is 0 Å². The molecule has 3 heterocycles. The highest BCUT2D eigenvalue weighted by molar-refractivity contribution is 5.99. The number of nitrogens with one attached hydrogen (secondary N) is 1. The molecular weight excluding hydrogens is 431 g/mol. The molecule has 1 fully saturated rings. The summed E-state index contributed by atoms with van der Waals surface area (Å²) in [4.78, 5) is 39.4. The smallest absolute Gasteiger partial charge is 0.276 e. The van der Waals surface area contributed by atoms with Gasteiger partial charge in [0, 0.05) is 30.9 Å². The number of pyridine rings is 1. The molecule has 0 spiro atoms. The van der Waals surface area contributed by atoms with Crippen LogP contribution in [-0.4, -0.2) is 45.3 Å². The molecule has 32 heavy (non-hydrogen) atoms. The highest BCUT2D eigenvalue weighted by Crippen LogP contribution is 2.29. The lowest BCUT2D eigenvalue weighted by Gasteiger charge is -2.43. The minimum atomic E-state index is -1.37. The largest absolute Gasteiger partial charge is 0.503 e. The number of aromatic nitrogens is 1. The van der Waals surface area contributed by atoms with Crippen LogP contribution in [0.4, 0.5) is 13.2 Å². The fourth-order valence-corrected chi connectivity index (χ4v) is 3.92. The fourth-order valence-electron chi connectivity index (χ4n) is 3.92. The Bertz CT molecular complexity index is 1170. The Balaban J connectivity index is 1.61. The zero-order valence-electron chi connectivity index (χ0n) is 17.0. The van der Waals surface area contributed by atoms with Crippen LogP contribution in [0.25, 0.3) is 0 Å². The van der Waals surface area contributed by atoms with E-state index in [0.29, 0.717) is 25.1 Å². The number of hydrogen-bond acceptors (Lipinski definition) is 5. The van der Waals surface area contributed by atoms with Crippen molar-refractivity contribution >= 4 is 11.8 Å². The van der Waals surface area contributed by atoms with Crippen LogP contribution in [0.15, 0.2) is 23.1 Å². The van der Waals surface area contributed by atoms with Crippen molar-refractivity contribution in [2.75, 3.05) is 6.54 Å². The Labute approximate surface area is 180 Å². The highest BCUT2D eigenvalue weighted by atomic mass is 19.2. The average Bonchev–Trinajstić information content (AvgIpc) is 2.77. The second kappa shape index (κ2) is 8.30. The van der Waals surface area contributed by atoms with E-state index in [1.807, 2.05) is 6.92 Å². The number of aromatic hydroxyl groups is 1. The molecule has 2 amide bonds. The molecule has 2 aliphatic rings. The van der Waals surface area contributed by atoms with Crippen molar-refractivity contribution in [2.45, 2.75) is 45.2 Å². The summed E-state index contributed by atoms with van der Waals surface area (Å²) in [5.74, 6) is -6.16. The van der Waals surface area contributed by atoms with Gasteiger partial charge in [-0.25, -0.2) is 13.2 Å². The van der Waals surface area contributed by atoms with Gasteiger partial charge in [0.15, 0.2) is 29.3 Å². The third-order valence-electron chi connectivity index (χ3n) is 5.69. The Kier molecular flexibility index (Phi) is 5.68. The van der Waals surface area contributed by atoms with Crippen LogP contribution in [0.1, 0.15) is 46.2 Å². The number of fused-ring (bicyclic) bond motifs is 2. The average molecular weight is 451 g/mol. The van der Waals surface area contributed by atoms with Crippen molar-refractivity contribution < 1.29 is 32.6 Å². The van der Waals surface area contributed by atoms with E-state index >= 15 is 0 Å². The molecule has 1 saturated heterocycles. The first-order chi connectivity index (χ1) is 15.2. The minimum Gasteiger partial charge on any atom is -0.503 e. The number of hydrogen-bond donors (Lipinski definition) is 2. The molecule has 0 radical (unpaired) electrons. The van der Waals surface area contributed by atoms with Gasteiger partial charge in [-0.05, 0) is 18.9 Å². The van der Waals surface area contributed by atoms with E-state index in [-0.39, 0.29) is 23.9 Å². The molecule has 4 rings (SSSR count). The van der Waals surface area contributed by atoms with Crippen LogP contribution >= 0.6 is 0 Å². The molecule has 2 aliphatic heterocycles. The van der Waals surface area contributed by atoms with E-state index in [4.69, 9.17) is 4.74 Å². The van der Waals surface area contributed by atoms with Gasteiger partial charge in [0.1, 0.15) is 11.4 Å². The number of nitrogens with zero attached hydrogens (tertiary/aromatic N) is 2. The first-order valence-corrected chi connectivity index (χ1v) is 10.1. The van der Waals surface area contributed by atoms with Crippen molar-refractivity contribution in [1.29, 1.82) is 0 Å². The van der Waals surface area contributed by atoms with Gasteiger partial charge in [0.2, 0.25) is 5.43 Å². The lowest BCUT2D eigenvalue weighted by atomic mass is 10.1. The zero-order valence-corrected chi connectivity index (χ0v) is 17.0. The summed E-state index contributed by atoms with van der Waals surface area (Å²) in [6, 6.07) is 0.946. The summed E-state index contributed by atoms with van der Waals surface area (Å²) in [6.07, 6.45) is 1.87. The molecule has 0 aliphatic carbocycles. The third kappa shape index (κ3) is 3.72. The van der Waals surface area contributed by atoms with Gasteiger partial charge in [-0.3, -0.25) is 14.4 Å². The van der Waals surface area contributed by atoms with Gasteiger partial charge in [-0.1, -0.05) is 6.92 Å².